The van der Waals surface area contributed by atoms with Gasteiger partial charge in [-0.1, -0.05) is 11.6 Å². The Labute approximate surface area is 193 Å². The van der Waals surface area contributed by atoms with Crippen molar-refractivity contribution in [3.8, 4) is 17.2 Å². The summed E-state index contributed by atoms with van der Waals surface area (Å²) in [5.41, 5.74) is 1.43. The van der Waals surface area contributed by atoms with Gasteiger partial charge in [0.25, 0.3) is 5.91 Å². The quantitative estimate of drug-likeness (QED) is 0.605. The van der Waals surface area contributed by atoms with Gasteiger partial charge in [0.2, 0.25) is 5.75 Å². The van der Waals surface area contributed by atoms with Crippen molar-refractivity contribution in [2.24, 2.45) is 0 Å². The average Bonchev–Trinajstić information content (AvgIpc) is 3.32. The molecule has 3 rings (SSSR count). The first-order chi connectivity index (χ1) is 15.9. The number of hydrogen-bond acceptors (Lipinski definition) is 5. The lowest BCUT2D eigenvalue weighted by Gasteiger charge is -2.27. The molecule has 1 heterocycles. The second kappa shape index (κ2) is 11.1. The Morgan fingerprint density at radius 2 is 1.82 bits per heavy atom. The molecule has 178 valence electrons. The number of benzene rings is 2. The first-order valence-electron chi connectivity index (χ1n) is 10.8. The zero-order valence-electron chi connectivity index (χ0n) is 19.4. The van der Waals surface area contributed by atoms with Crippen LogP contribution in [0, 0.1) is 11.6 Å². The van der Waals surface area contributed by atoms with Gasteiger partial charge in [0.1, 0.15) is 11.6 Å². The van der Waals surface area contributed by atoms with Crippen molar-refractivity contribution in [1.29, 1.82) is 0 Å². The second-order valence-electron chi connectivity index (χ2n) is 8.05. The molecule has 1 N–H and O–H groups in total. The summed E-state index contributed by atoms with van der Waals surface area (Å²) < 4.78 is 43.5. The van der Waals surface area contributed by atoms with Gasteiger partial charge in [-0.05, 0) is 50.6 Å². The Hall–Kier alpha value is -3.13. The molecule has 1 saturated heterocycles. The zero-order valence-corrected chi connectivity index (χ0v) is 19.4. The Balaban J connectivity index is 1.91. The van der Waals surface area contributed by atoms with Crippen LogP contribution in [0.15, 0.2) is 35.9 Å². The summed E-state index contributed by atoms with van der Waals surface area (Å²) in [6.07, 6.45) is 3.65. The standard InChI is InChI=1S/C25H30F2N2O4/c1-16(10-17-7-8-19(26)13-21(17)27)14-29(15-20-6-5-9-28-20)25(30)18-11-22(31-2)24(33-4)23(12-18)32-3/h7-8,10-13,20,28H,5-6,9,14-15H2,1-4H3/b16-10-. The Morgan fingerprint density at radius 3 is 2.36 bits per heavy atom. The van der Waals surface area contributed by atoms with Crippen LogP contribution in [0.1, 0.15) is 35.7 Å². The van der Waals surface area contributed by atoms with Crippen LogP contribution in [0.4, 0.5) is 8.78 Å². The van der Waals surface area contributed by atoms with Crippen LogP contribution in [0.2, 0.25) is 0 Å². The van der Waals surface area contributed by atoms with Gasteiger partial charge in [-0.2, -0.15) is 0 Å². The van der Waals surface area contributed by atoms with E-state index in [0.29, 0.717) is 29.4 Å². The third kappa shape index (κ3) is 6.01. The summed E-state index contributed by atoms with van der Waals surface area (Å²) in [5.74, 6) is -0.304. The van der Waals surface area contributed by atoms with Gasteiger partial charge in [-0.15, -0.1) is 0 Å². The van der Waals surface area contributed by atoms with Gasteiger partial charge in [0, 0.05) is 36.3 Å². The minimum absolute atomic E-state index is 0.173. The van der Waals surface area contributed by atoms with E-state index >= 15 is 0 Å². The van der Waals surface area contributed by atoms with Crippen molar-refractivity contribution in [2.75, 3.05) is 41.0 Å². The Morgan fingerprint density at radius 1 is 1.12 bits per heavy atom. The van der Waals surface area contributed by atoms with Crippen molar-refractivity contribution < 1.29 is 27.8 Å². The number of nitrogens with one attached hydrogen (secondary N) is 1. The average molecular weight is 461 g/mol. The fourth-order valence-electron chi connectivity index (χ4n) is 4.02. The van der Waals surface area contributed by atoms with E-state index in [0.717, 1.165) is 31.0 Å². The van der Waals surface area contributed by atoms with Gasteiger partial charge in [0.15, 0.2) is 11.5 Å². The molecule has 1 amide bonds. The first-order valence-corrected chi connectivity index (χ1v) is 10.8. The topological polar surface area (TPSA) is 60.0 Å². The molecule has 2 aromatic rings. The van der Waals surface area contributed by atoms with Gasteiger partial charge in [-0.3, -0.25) is 4.79 Å². The lowest BCUT2D eigenvalue weighted by atomic mass is 10.1. The molecule has 0 aliphatic carbocycles. The summed E-state index contributed by atoms with van der Waals surface area (Å²) in [6.45, 7) is 3.50. The number of hydrogen-bond donors (Lipinski definition) is 1. The minimum Gasteiger partial charge on any atom is -0.493 e. The normalized spacial score (nSPS) is 15.9. The van der Waals surface area contributed by atoms with E-state index in [-0.39, 0.29) is 24.1 Å². The molecule has 1 unspecified atom stereocenters. The zero-order chi connectivity index (χ0) is 24.0. The van der Waals surface area contributed by atoms with Crippen molar-refractivity contribution in [3.63, 3.8) is 0 Å². The summed E-state index contributed by atoms with van der Waals surface area (Å²) in [5, 5.41) is 3.41. The smallest absolute Gasteiger partial charge is 0.254 e. The molecule has 0 bridgehead atoms. The summed E-state index contributed by atoms with van der Waals surface area (Å²) in [6, 6.07) is 6.86. The molecule has 6 nitrogen and oxygen atoms in total. The maximum atomic E-state index is 14.1. The third-order valence-electron chi connectivity index (χ3n) is 5.61. The van der Waals surface area contributed by atoms with Crippen LogP contribution in [0.25, 0.3) is 6.08 Å². The highest BCUT2D eigenvalue weighted by Gasteiger charge is 2.25. The lowest BCUT2D eigenvalue weighted by Crippen LogP contribution is -2.42. The van der Waals surface area contributed by atoms with Gasteiger partial charge in [-0.25, -0.2) is 8.78 Å². The lowest BCUT2D eigenvalue weighted by molar-refractivity contribution is 0.0756. The highest BCUT2D eigenvalue weighted by Crippen LogP contribution is 2.38. The van der Waals surface area contributed by atoms with E-state index in [1.54, 1.807) is 23.1 Å². The van der Waals surface area contributed by atoms with Gasteiger partial charge < -0.3 is 24.4 Å². The van der Waals surface area contributed by atoms with Crippen molar-refractivity contribution in [1.82, 2.24) is 10.2 Å². The predicted molar refractivity (Wildman–Crippen MR) is 123 cm³/mol. The molecule has 0 aromatic heterocycles. The second-order valence-corrected chi connectivity index (χ2v) is 8.05. The molecule has 0 radical (unpaired) electrons. The van der Waals surface area contributed by atoms with Gasteiger partial charge in [0.05, 0.1) is 21.3 Å². The predicted octanol–water partition coefficient (Wildman–Crippen LogP) is 4.29. The third-order valence-corrected chi connectivity index (χ3v) is 5.61. The van der Waals surface area contributed by atoms with E-state index in [4.69, 9.17) is 14.2 Å². The van der Waals surface area contributed by atoms with Crippen molar-refractivity contribution in [2.45, 2.75) is 25.8 Å². The van der Waals surface area contributed by atoms with Crippen LogP contribution in [-0.2, 0) is 0 Å². The molecule has 1 aliphatic heterocycles. The van der Waals surface area contributed by atoms with E-state index in [1.165, 1.54) is 33.5 Å². The van der Waals surface area contributed by atoms with E-state index in [1.807, 2.05) is 6.92 Å². The monoisotopic (exact) mass is 460 g/mol. The SMILES string of the molecule is COc1cc(C(=O)N(C/C(C)=C\c2ccc(F)cc2F)CC2CCCN2)cc(OC)c1OC. The molecular formula is C25H30F2N2O4. The number of rotatable bonds is 9. The van der Waals surface area contributed by atoms with Crippen LogP contribution >= 0.6 is 0 Å². The van der Waals surface area contributed by atoms with Crippen LogP contribution in [-0.4, -0.2) is 57.8 Å². The summed E-state index contributed by atoms with van der Waals surface area (Å²) >= 11 is 0. The maximum absolute atomic E-state index is 14.1. The minimum atomic E-state index is -0.644. The molecule has 8 heteroatoms. The number of methoxy groups -OCH3 is 3. The Bertz CT molecular complexity index is 994. The first kappa shape index (κ1) is 24.5. The van der Waals surface area contributed by atoms with E-state index in [2.05, 4.69) is 5.32 Å². The fourth-order valence-corrected chi connectivity index (χ4v) is 4.02. The van der Waals surface area contributed by atoms with Gasteiger partial charge >= 0.3 is 0 Å². The molecule has 33 heavy (non-hydrogen) atoms. The number of halogens is 2. The van der Waals surface area contributed by atoms with Crippen LogP contribution < -0.4 is 19.5 Å². The highest BCUT2D eigenvalue weighted by molar-refractivity contribution is 5.96. The number of carbonyl (C=O) groups is 1. The van der Waals surface area contributed by atoms with Crippen LogP contribution in [0.3, 0.4) is 0 Å². The van der Waals surface area contributed by atoms with E-state index < -0.39 is 11.6 Å². The van der Waals surface area contributed by atoms with Crippen molar-refractivity contribution in [3.05, 3.63) is 58.7 Å². The summed E-state index contributed by atoms with van der Waals surface area (Å²) in [4.78, 5) is 15.3. The molecular weight excluding hydrogens is 430 g/mol. The number of nitrogens with zero attached hydrogens (tertiary/aromatic N) is 1. The highest BCUT2D eigenvalue weighted by atomic mass is 19.1. The molecule has 0 spiro atoms. The summed E-state index contributed by atoms with van der Waals surface area (Å²) in [7, 11) is 4.49. The molecule has 1 fully saturated rings. The molecule has 0 saturated carbocycles. The Kier molecular flexibility index (Phi) is 8.27. The maximum Gasteiger partial charge on any atom is 0.254 e. The molecule has 1 aliphatic rings. The number of amides is 1. The van der Waals surface area contributed by atoms with Crippen LogP contribution in [0.5, 0.6) is 17.2 Å². The molecule has 1 atom stereocenters. The van der Waals surface area contributed by atoms with Crippen molar-refractivity contribution >= 4 is 12.0 Å². The fraction of sp³-hybridized carbons (Fsp3) is 0.400. The number of ether oxygens (including phenoxy) is 3. The largest absolute Gasteiger partial charge is 0.493 e. The number of carbonyl (C=O) groups excluding carboxylic acids is 1. The molecule has 2 aromatic carbocycles. The van der Waals surface area contributed by atoms with E-state index in [9.17, 15) is 13.6 Å².